The molecular weight excluding hydrogens is 419 g/mol. The zero-order valence-electron chi connectivity index (χ0n) is 14.3. The van der Waals surface area contributed by atoms with E-state index in [2.05, 4.69) is 9.97 Å². The smallest absolute Gasteiger partial charge is 0.141 e. The van der Waals surface area contributed by atoms with Crippen LogP contribution in [0, 0.1) is 13.8 Å². The summed E-state index contributed by atoms with van der Waals surface area (Å²) >= 11 is 0. The number of nitrogens with zero attached hydrogens (tertiary/aromatic N) is 2. The van der Waals surface area contributed by atoms with Crippen molar-refractivity contribution in [3.63, 3.8) is 0 Å². The Bertz CT molecular complexity index is 674. The number of halogens is 2. The van der Waals surface area contributed by atoms with Crippen molar-refractivity contribution in [2.24, 2.45) is 0 Å². The fourth-order valence-electron chi connectivity index (χ4n) is 2.16. The van der Waals surface area contributed by atoms with Crippen LogP contribution in [-0.4, -0.2) is 30.4 Å². The molecule has 2 aromatic heterocycles. The molecule has 0 aromatic carbocycles. The fraction of sp³-hybridized carbons (Fsp3) is 0.375. The second-order valence-electron chi connectivity index (χ2n) is 5.23. The number of hydrogen-bond acceptors (Lipinski definition) is 8. The van der Waals surface area contributed by atoms with E-state index in [1.807, 2.05) is 0 Å². The summed E-state index contributed by atoms with van der Waals surface area (Å²) in [6.07, 6.45) is 3.13. The topological polar surface area (TPSA) is 107 Å². The summed E-state index contributed by atoms with van der Waals surface area (Å²) in [4.78, 5) is 8.07. The van der Waals surface area contributed by atoms with Crippen molar-refractivity contribution in [2.45, 2.75) is 38.6 Å². The SMILES string of the molecule is Cc1ncc(CO)c(CSSCc2c(CO)cnc(C)c2O)c1O.Cl.Cl. The van der Waals surface area contributed by atoms with E-state index in [1.54, 1.807) is 26.2 Å². The van der Waals surface area contributed by atoms with Gasteiger partial charge in [0, 0.05) is 46.2 Å². The van der Waals surface area contributed by atoms with Crippen molar-refractivity contribution >= 4 is 46.4 Å². The largest absolute Gasteiger partial charge is 0.506 e. The van der Waals surface area contributed by atoms with Gasteiger partial charge in [0.2, 0.25) is 0 Å². The quantitative estimate of drug-likeness (QED) is 0.383. The lowest BCUT2D eigenvalue weighted by atomic mass is 10.1. The maximum atomic E-state index is 10.1. The standard InChI is InChI=1S/C16H20N2O4S2.2ClH/c1-9-15(21)13(11(5-19)3-17-9)7-23-24-8-14-12(6-20)4-18-10(2)16(14)22;;/h3-4,19-22H,5-8H2,1-2H3;2*1H. The van der Waals surface area contributed by atoms with Crippen LogP contribution < -0.4 is 0 Å². The summed E-state index contributed by atoms with van der Waals surface area (Å²) in [6, 6.07) is 0. The zero-order valence-corrected chi connectivity index (χ0v) is 17.6. The minimum absolute atomic E-state index is 0. The van der Waals surface area contributed by atoms with Crippen molar-refractivity contribution in [1.82, 2.24) is 9.97 Å². The van der Waals surface area contributed by atoms with Crippen LogP contribution in [0.25, 0.3) is 0 Å². The number of aliphatic hydroxyl groups is 2. The molecule has 6 nitrogen and oxygen atoms in total. The summed E-state index contributed by atoms with van der Waals surface area (Å²) in [5, 5.41) is 39.0. The molecule has 26 heavy (non-hydrogen) atoms. The number of aromatic hydroxyl groups is 2. The monoisotopic (exact) mass is 440 g/mol. The van der Waals surface area contributed by atoms with Gasteiger partial charge < -0.3 is 20.4 Å². The minimum Gasteiger partial charge on any atom is -0.506 e. The van der Waals surface area contributed by atoms with Crippen LogP contribution in [0.5, 0.6) is 11.5 Å². The molecule has 0 aliphatic carbocycles. The third-order valence-electron chi connectivity index (χ3n) is 3.69. The Balaban J connectivity index is 0.00000312. The van der Waals surface area contributed by atoms with Gasteiger partial charge in [-0.3, -0.25) is 9.97 Å². The van der Waals surface area contributed by atoms with Crippen molar-refractivity contribution in [1.29, 1.82) is 0 Å². The molecular formula is C16H22Cl2N2O4S2. The van der Waals surface area contributed by atoms with E-state index in [4.69, 9.17) is 0 Å². The van der Waals surface area contributed by atoms with E-state index in [9.17, 15) is 20.4 Å². The maximum Gasteiger partial charge on any atom is 0.141 e. The van der Waals surface area contributed by atoms with Crippen LogP contribution in [-0.2, 0) is 24.7 Å². The average molecular weight is 441 g/mol. The Labute approximate surface area is 172 Å². The third-order valence-corrected chi connectivity index (χ3v) is 5.88. The van der Waals surface area contributed by atoms with Crippen LogP contribution in [0.1, 0.15) is 33.6 Å². The Morgan fingerprint density at radius 2 is 1.12 bits per heavy atom. The van der Waals surface area contributed by atoms with Crippen LogP contribution in [0.3, 0.4) is 0 Å². The number of hydrogen-bond donors (Lipinski definition) is 4. The molecule has 4 N–H and O–H groups in total. The van der Waals surface area contributed by atoms with Gasteiger partial charge in [0.25, 0.3) is 0 Å². The third kappa shape index (κ3) is 5.80. The van der Waals surface area contributed by atoms with Crippen LogP contribution in [0.15, 0.2) is 12.4 Å². The lowest BCUT2D eigenvalue weighted by Gasteiger charge is -2.12. The molecule has 0 unspecified atom stereocenters. The van der Waals surface area contributed by atoms with Gasteiger partial charge in [-0.25, -0.2) is 0 Å². The Kier molecular flexibility index (Phi) is 11.3. The van der Waals surface area contributed by atoms with Gasteiger partial charge >= 0.3 is 0 Å². The van der Waals surface area contributed by atoms with Crippen LogP contribution in [0.2, 0.25) is 0 Å². The van der Waals surface area contributed by atoms with Gasteiger partial charge in [-0.2, -0.15) is 0 Å². The Morgan fingerprint density at radius 3 is 1.42 bits per heavy atom. The van der Waals surface area contributed by atoms with Gasteiger partial charge in [0.05, 0.1) is 24.6 Å². The van der Waals surface area contributed by atoms with Crippen molar-refractivity contribution in [2.75, 3.05) is 0 Å². The van der Waals surface area contributed by atoms with Gasteiger partial charge in [0.15, 0.2) is 0 Å². The first kappa shape index (κ1) is 25.1. The highest BCUT2D eigenvalue weighted by Crippen LogP contribution is 2.37. The molecule has 0 saturated heterocycles. The Morgan fingerprint density at radius 1 is 0.769 bits per heavy atom. The molecule has 2 aromatic rings. The van der Waals surface area contributed by atoms with E-state index in [0.717, 1.165) is 0 Å². The molecule has 2 rings (SSSR count). The number of aromatic nitrogens is 2. The molecule has 0 aliphatic heterocycles. The fourth-order valence-corrected chi connectivity index (χ4v) is 4.42. The highest BCUT2D eigenvalue weighted by Gasteiger charge is 2.14. The second kappa shape index (κ2) is 11.7. The molecule has 0 saturated carbocycles. The summed E-state index contributed by atoms with van der Waals surface area (Å²) in [7, 11) is 2.98. The maximum absolute atomic E-state index is 10.1. The number of rotatable bonds is 7. The lowest BCUT2D eigenvalue weighted by molar-refractivity contribution is 0.279. The number of pyridine rings is 2. The van der Waals surface area contributed by atoms with E-state index in [0.29, 0.717) is 45.1 Å². The summed E-state index contributed by atoms with van der Waals surface area (Å²) < 4.78 is 0. The summed E-state index contributed by atoms with van der Waals surface area (Å²) in [6.45, 7) is 3.06. The predicted octanol–water partition coefficient (Wildman–Crippen LogP) is 3.41. The molecule has 0 amide bonds. The molecule has 0 radical (unpaired) electrons. The highest BCUT2D eigenvalue weighted by atomic mass is 35.5. The zero-order chi connectivity index (χ0) is 17.7. The van der Waals surface area contributed by atoms with E-state index in [1.165, 1.54) is 21.6 Å². The first-order valence-corrected chi connectivity index (χ1v) is 9.77. The second-order valence-corrected chi connectivity index (χ2v) is 7.70. The normalized spacial score (nSPS) is 10.2. The van der Waals surface area contributed by atoms with Crippen molar-refractivity contribution in [3.8, 4) is 11.5 Å². The van der Waals surface area contributed by atoms with Gasteiger partial charge in [-0.1, -0.05) is 21.6 Å². The first-order chi connectivity index (χ1) is 11.5. The number of aryl methyl sites for hydroxylation is 2. The van der Waals surface area contributed by atoms with E-state index in [-0.39, 0.29) is 49.5 Å². The molecule has 146 valence electrons. The van der Waals surface area contributed by atoms with Crippen LogP contribution >= 0.6 is 46.4 Å². The minimum atomic E-state index is -0.180. The highest BCUT2D eigenvalue weighted by molar-refractivity contribution is 8.76. The Hall–Kier alpha value is -0.900. The molecule has 0 fully saturated rings. The van der Waals surface area contributed by atoms with E-state index < -0.39 is 0 Å². The van der Waals surface area contributed by atoms with Crippen LogP contribution in [0.4, 0.5) is 0 Å². The molecule has 0 atom stereocenters. The van der Waals surface area contributed by atoms with Gasteiger partial charge in [0.1, 0.15) is 11.5 Å². The summed E-state index contributed by atoms with van der Waals surface area (Å²) in [5.41, 5.74) is 3.59. The summed E-state index contributed by atoms with van der Waals surface area (Å²) in [5.74, 6) is 1.20. The van der Waals surface area contributed by atoms with Crippen molar-refractivity contribution < 1.29 is 20.4 Å². The molecule has 2 heterocycles. The molecule has 10 heteroatoms. The van der Waals surface area contributed by atoms with Gasteiger partial charge in [-0.15, -0.1) is 24.8 Å². The molecule has 0 aliphatic rings. The predicted molar refractivity (Wildman–Crippen MR) is 110 cm³/mol. The molecule has 0 bridgehead atoms. The lowest BCUT2D eigenvalue weighted by Crippen LogP contribution is -1.98. The van der Waals surface area contributed by atoms with Gasteiger partial charge in [-0.05, 0) is 13.8 Å². The number of aliphatic hydroxyl groups excluding tert-OH is 2. The first-order valence-electron chi connectivity index (χ1n) is 7.28. The molecule has 0 spiro atoms. The van der Waals surface area contributed by atoms with E-state index >= 15 is 0 Å². The average Bonchev–Trinajstić information content (AvgIpc) is 2.58. The van der Waals surface area contributed by atoms with Crippen molar-refractivity contribution in [3.05, 3.63) is 46.0 Å².